The molecule has 0 saturated carbocycles. The number of benzene rings is 3. The van der Waals surface area contributed by atoms with Crippen LogP contribution < -0.4 is 5.32 Å². The van der Waals surface area contributed by atoms with Crippen LogP contribution in [0.3, 0.4) is 0 Å². The van der Waals surface area contributed by atoms with E-state index in [9.17, 15) is 9.90 Å². The Hall–Kier alpha value is -4.45. The molecule has 0 aliphatic carbocycles. The van der Waals surface area contributed by atoms with Gasteiger partial charge in [-0.1, -0.05) is 66.7 Å². The number of pyridine rings is 1. The lowest BCUT2D eigenvalue weighted by molar-refractivity contribution is 0.199. The maximum absolute atomic E-state index is 13.3. The van der Waals surface area contributed by atoms with E-state index >= 15 is 0 Å². The van der Waals surface area contributed by atoms with Gasteiger partial charge < -0.3 is 10.4 Å². The molecule has 0 bridgehead atoms. The highest BCUT2D eigenvalue weighted by Crippen LogP contribution is 2.37. The molecular formula is C27H22N4O2. The summed E-state index contributed by atoms with van der Waals surface area (Å²) in [6, 6.07) is 27.7. The molecule has 1 aliphatic rings. The second kappa shape index (κ2) is 8.96. The van der Waals surface area contributed by atoms with Crippen molar-refractivity contribution >= 4 is 17.4 Å². The van der Waals surface area contributed by atoms with Gasteiger partial charge in [-0.3, -0.25) is 4.98 Å². The second-order valence-corrected chi connectivity index (χ2v) is 7.79. The fourth-order valence-corrected chi connectivity index (χ4v) is 3.97. The molecule has 5 rings (SSSR count). The summed E-state index contributed by atoms with van der Waals surface area (Å²) < 4.78 is 0. The number of carbonyl (C=O) groups excluding carboxylic acids is 1. The zero-order valence-corrected chi connectivity index (χ0v) is 17.8. The lowest BCUT2D eigenvalue weighted by Gasteiger charge is -2.23. The van der Waals surface area contributed by atoms with Crippen LogP contribution in [0.2, 0.25) is 0 Å². The molecular weight excluding hydrogens is 412 g/mol. The summed E-state index contributed by atoms with van der Waals surface area (Å²) >= 11 is 0. The minimum Gasteiger partial charge on any atom is -0.508 e. The molecule has 1 atom stereocenters. The zero-order valence-electron chi connectivity index (χ0n) is 17.8. The van der Waals surface area contributed by atoms with Gasteiger partial charge in [0.1, 0.15) is 5.75 Å². The number of carbonyl (C=O) groups is 1. The summed E-state index contributed by atoms with van der Waals surface area (Å²) in [6.07, 6.45) is 3.90. The van der Waals surface area contributed by atoms with E-state index in [1.165, 1.54) is 5.01 Å². The number of urea groups is 1. The number of nitrogens with one attached hydrogen (secondary N) is 1. The monoisotopic (exact) mass is 434 g/mol. The molecule has 6 heteroatoms. The van der Waals surface area contributed by atoms with Crippen molar-refractivity contribution in [2.75, 3.05) is 5.32 Å². The molecule has 1 aromatic heterocycles. The highest BCUT2D eigenvalue weighted by atomic mass is 16.3. The molecule has 1 aliphatic heterocycles. The molecule has 0 radical (unpaired) electrons. The third kappa shape index (κ3) is 4.32. The SMILES string of the molecule is O=C(Nc1ccc(-c2ccccc2)cc1)N1N=C(c2cccnc2)CC1c1ccccc1O. The smallest absolute Gasteiger partial charge is 0.342 e. The number of aromatic hydroxyl groups is 1. The van der Waals surface area contributed by atoms with E-state index in [1.807, 2.05) is 78.9 Å². The van der Waals surface area contributed by atoms with Crippen LogP contribution >= 0.6 is 0 Å². The van der Waals surface area contributed by atoms with Crippen LogP contribution in [0.1, 0.15) is 23.6 Å². The predicted molar refractivity (Wildman–Crippen MR) is 129 cm³/mol. The van der Waals surface area contributed by atoms with Gasteiger partial charge in [0.05, 0.1) is 11.8 Å². The Kier molecular flexibility index (Phi) is 5.55. The van der Waals surface area contributed by atoms with Crippen LogP contribution in [0.25, 0.3) is 11.1 Å². The lowest BCUT2D eigenvalue weighted by Crippen LogP contribution is -2.31. The molecule has 162 valence electrons. The van der Waals surface area contributed by atoms with Gasteiger partial charge in [-0.05, 0) is 35.4 Å². The molecule has 3 aromatic carbocycles. The van der Waals surface area contributed by atoms with Crippen molar-refractivity contribution in [3.63, 3.8) is 0 Å². The standard InChI is InChI=1S/C27H22N4O2/c32-26-11-5-4-10-23(26)25-17-24(21-9-6-16-28-18-21)30-31(25)27(33)29-22-14-12-20(13-15-22)19-7-2-1-3-8-19/h1-16,18,25,32H,17H2,(H,29,33). The van der Waals surface area contributed by atoms with Crippen molar-refractivity contribution in [3.8, 4) is 16.9 Å². The van der Waals surface area contributed by atoms with E-state index in [2.05, 4.69) is 15.4 Å². The number of hydrazone groups is 1. The van der Waals surface area contributed by atoms with Crippen molar-refractivity contribution in [1.29, 1.82) is 0 Å². The van der Waals surface area contributed by atoms with Crippen LogP contribution in [-0.2, 0) is 0 Å². The van der Waals surface area contributed by atoms with E-state index in [0.717, 1.165) is 22.4 Å². The van der Waals surface area contributed by atoms with Crippen LogP contribution in [0.15, 0.2) is 108 Å². The fraction of sp³-hybridized carbons (Fsp3) is 0.0741. The normalized spacial score (nSPS) is 15.2. The maximum Gasteiger partial charge on any atom is 0.342 e. The summed E-state index contributed by atoms with van der Waals surface area (Å²) in [6.45, 7) is 0. The summed E-state index contributed by atoms with van der Waals surface area (Å²) in [7, 11) is 0. The van der Waals surface area contributed by atoms with Gasteiger partial charge >= 0.3 is 6.03 Å². The zero-order chi connectivity index (χ0) is 22.6. The molecule has 4 aromatic rings. The van der Waals surface area contributed by atoms with Gasteiger partial charge in [0, 0.05) is 35.6 Å². The van der Waals surface area contributed by atoms with Gasteiger partial charge in [0.15, 0.2) is 0 Å². The first-order chi connectivity index (χ1) is 16.2. The van der Waals surface area contributed by atoms with Gasteiger partial charge in [0.25, 0.3) is 0 Å². The van der Waals surface area contributed by atoms with E-state index < -0.39 is 6.04 Å². The van der Waals surface area contributed by atoms with E-state index in [4.69, 9.17) is 0 Å². The van der Waals surface area contributed by atoms with Crippen LogP contribution in [0, 0.1) is 0 Å². The van der Waals surface area contributed by atoms with E-state index in [0.29, 0.717) is 17.7 Å². The van der Waals surface area contributed by atoms with Crippen molar-refractivity contribution in [2.24, 2.45) is 5.10 Å². The summed E-state index contributed by atoms with van der Waals surface area (Å²) in [4.78, 5) is 17.4. The van der Waals surface area contributed by atoms with Crippen LogP contribution in [-0.4, -0.2) is 26.8 Å². The van der Waals surface area contributed by atoms with Gasteiger partial charge in [-0.2, -0.15) is 5.10 Å². The van der Waals surface area contributed by atoms with Crippen molar-refractivity contribution in [2.45, 2.75) is 12.5 Å². The highest BCUT2D eigenvalue weighted by molar-refractivity contribution is 6.04. The Morgan fingerprint density at radius 3 is 2.27 bits per heavy atom. The first-order valence-electron chi connectivity index (χ1n) is 10.7. The fourth-order valence-electron chi connectivity index (χ4n) is 3.97. The number of para-hydroxylation sites is 1. The second-order valence-electron chi connectivity index (χ2n) is 7.79. The first kappa shape index (κ1) is 20.5. The molecule has 0 spiro atoms. The minimum absolute atomic E-state index is 0.134. The number of amides is 2. The summed E-state index contributed by atoms with van der Waals surface area (Å²) in [5.41, 5.74) is 5.08. The maximum atomic E-state index is 13.3. The highest BCUT2D eigenvalue weighted by Gasteiger charge is 2.34. The molecule has 2 N–H and O–H groups in total. The van der Waals surface area contributed by atoms with Crippen molar-refractivity contribution in [3.05, 3.63) is 115 Å². The number of hydrogen-bond acceptors (Lipinski definition) is 4. The summed E-state index contributed by atoms with van der Waals surface area (Å²) in [5, 5.41) is 19.4. The number of nitrogens with zero attached hydrogens (tertiary/aromatic N) is 3. The third-order valence-corrected chi connectivity index (χ3v) is 5.65. The van der Waals surface area contributed by atoms with Gasteiger partial charge in [-0.15, -0.1) is 0 Å². The molecule has 33 heavy (non-hydrogen) atoms. The Bertz CT molecular complexity index is 1290. The molecule has 6 nitrogen and oxygen atoms in total. The lowest BCUT2D eigenvalue weighted by atomic mass is 9.98. The predicted octanol–water partition coefficient (Wildman–Crippen LogP) is 5.84. The Morgan fingerprint density at radius 2 is 1.55 bits per heavy atom. The average Bonchev–Trinajstić information content (AvgIpc) is 3.31. The molecule has 2 amide bonds. The van der Waals surface area contributed by atoms with Crippen molar-refractivity contribution < 1.29 is 9.90 Å². The van der Waals surface area contributed by atoms with Crippen LogP contribution in [0.4, 0.5) is 10.5 Å². The Labute approximate surface area is 191 Å². The van der Waals surface area contributed by atoms with Crippen LogP contribution in [0.5, 0.6) is 5.75 Å². The number of aromatic nitrogens is 1. The quantitative estimate of drug-likeness (QED) is 0.424. The van der Waals surface area contributed by atoms with Crippen molar-refractivity contribution in [1.82, 2.24) is 9.99 Å². The number of anilines is 1. The molecule has 0 saturated heterocycles. The number of phenols is 1. The number of phenolic OH excluding ortho intramolecular Hbond substituents is 1. The van der Waals surface area contributed by atoms with E-state index in [-0.39, 0.29) is 11.8 Å². The molecule has 1 unspecified atom stereocenters. The Morgan fingerprint density at radius 1 is 0.848 bits per heavy atom. The third-order valence-electron chi connectivity index (χ3n) is 5.65. The summed E-state index contributed by atoms with van der Waals surface area (Å²) in [5.74, 6) is 0.134. The Balaban J connectivity index is 1.41. The van der Waals surface area contributed by atoms with Gasteiger partial charge in [-0.25, -0.2) is 9.80 Å². The number of rotatable bonds is 4. The number of hydrogen-bond donors (Lipinski definition) is 2. The first-order valence-corrected chi connectivity index (χ1v) is 10.7. The molecule has 2 heterocycles. The topological polar surface area (TPSA) is 77.8 Å². The average molecular weight is 434 g/mol. The van der Waals surface area contributed by atoms with Gasteiger partial charge in [0.2, 0.25) is 0 Å². The van der Waals surface area contributed by atoms with E-state index in [1.54, 1.807) is 24.5 Å². The minimum atomic E-state index is -0.426. The largest absolute Gasteiger partial charge is 0.508 e. The molecule has 0 fully saturated rings.